The number of benzene rings is 3. The van der Waals surface area contributed by atoms with Gasteiger partial charge in [0.2, 0.25) is 5.06 Å². The van der Waals surface area contributed by atoms with E-state index in [9.17, 15) is 25.2 Å². The van der Waals surface area contributed by atoms with Crippen LogP contribution >= 0.6 is 27.5 Å². The van der Waals surface area contributed by atoms with Crippen molar-refractivity contribution in [2.24, 2.45) is 0 Å². The molecule has 2 heterocycles. The molecule has 0 bridgehead atoms. The largest absolute Gasteiger partial charge is 0.497 e. The van der Waals surface area contributed by atoms with Gasteiger partial charge in [-0.1, -0.05) is 41.9 Å². The zero-order valence-electron chi connectivity index (χ0n) is 21.9. The monoisotopic (exact) mass is 647 g/mol. The van der Waals surface area contributed by atoms with Gasteiger partial charge in [0.05, 0.1) is 37.5 Å². The molecule has 1 saturated heterocycles. The summed E-state index contributed by atoms with van der Waals surface area (Å²) in [4.78, 5) is 16.9. The lowest BCUT2D eigenvalue weighted by molar-refractivity contribution is -0.363. The van der Waals surface area contributed by atoms with Gasteiger partial charge >= 0.3 is 0 Å². The molecule has 4 aromatic rings. The zero-order valence-corrected chi connectivity index (χ0v) is 24.2. The highest BCUT2D eigenvalue weighted by Gasteiger charge is 2.69. The topological polar surface area (TPSA) is 151 Å². The van der Waals surface area contributed by atoms with E-state index < -0.39 is 40.0 Å². The smallest absolute Gasteiger partial charge is 0.269 e. The minimum Gasteiger partial charge on any atom is -0.497 e. The minimum atomic E-state index is -2.69. The van der Waals surface area contributed by atoms with Crippen LogP contribution in [0.3, 0.4) is 0 Å². The number of ether oxygens (including phenoxy) is 4. The first-order valence-electron chi connectivity index (χ1n) is 12.4. The second kappa shape index (κ2) is 10.9. The number of aliphatic hydroxyl groups excluding tert-OH is 3. The number of methoxy groups -OCH3 is 2. The quantitative estimate of drug-likeness (QED) is 0.143. The van der Waals surface area contributed by atoms with Gasteiger partial charge in [-0.15, -0.1) is 0 Å². The van der Waals surface area contributed by atoms with E-state index in [1.54, 1.807) is 54.6 Å². The van der Waals surface area contributed by atoms with Crippen LogP contribution in [0.25, 0.3) is 10.9 Å². The number of aromatic nitrogens is 1. The normalized spacial score (nSPS) is 27.9. The number of alkyl halides is 2. The number of fused-ring (bicyclic) bond motifs is 1. The van der Waals surface area contributed by atoms with Gasteiger partial charge in [0, 0.05) is 23.2 Å². The molecule has 1 aromatic heterocycles. The van der Waals surface area contributed by atoms with Crippen LogP contribution in [0.15, 0.2) is 72.9 Å². The van der Waals surface area contributed by atoms with Crippen molar-refractivity contribution in [1.82, 2.24) is 4.98 Å². The fourth-order valence-corrected chi connectivity index (χ4v) is 5.59. The predicted molar refractivity (Wildman–Crippen MR) is 153 cm³/mol. The maximum atomic E-state index is 13.9. The fourth-order valence-electron chi connectivity index (χ4n) is 4.90. The number of hydrogen-bond acceptors (Lipinski definition) is 9. The SMILES string of the molecule is COc1ccc(C(=O)c2ccccc2O[C@]2(c3c[nH]c4ccccc34)O[C@](Br)(CO)[C@@](O)(Cl)[C@H](O)[C@H]2O)c(OC)c1. The highest BCUT2D eigenvalue weighted by atomic mass is 79.9. The van der Waals surface area contributed by atoms with E-state index >= 15 is 0 Å². The molecule has 3 aromatic carbocycles. The Kier molecular flexibility index (Phi) is 7.81. The molecule has 1 aliphatic heterocycles. The van der Waals surface area contributed by atoms with E-state index in [0.29, 0.717) is 16.7 Å². The Hall–Kier alpha value is -3.16. The highest BCUT2D eigenvalue weighted by molar-refractivity contribution is 9.10. The van der Waals surface area contributed by atoms with Crippen LogP contribution in [0.5, 0.6) is 17.2 Å². The summed E-state index contributed by atoms with van der Waals surface area (Å²) in [6, 6.07) is 18.0. The Morgan fingerprint density at radius 1 is 1.00 bits per heavy atom. The number of aliphatic hydroxyl groups is 4. The molecule has 5 rings (SSSR count). The maximum absolute atomic E-state index is 13.9. The third-order valence-electron chi connectivity index (χ3n) is 7.13. The first-order valence-corrected chi connectivity index (χ1v) is 13.6. The van der Waals surface area contributed by atoms with Crippen LogP contribution in [-0.2, 0) is 10.5 Å². The molecule has 5 N–H and O–H groups in total. The van der Waals surface area contributed by atoms with Crippen molar-refractivity contribution in [1.29, 1.82) is 0 Å². The first kappa shape index (κ1) is 29.3. The molecule has 5 atom stereocenters. The van der Waals surface area contributed by atoms with Crippen LogP contribution in [0.2, 0.25) is 0 Å². The van der Waals surface area contributed by atoms with E-state index in [1.165, 1.54) is 32.5 Å². The van der Waals surface area contributed by atoms with Crippen molar-refractivity contribution in [2.75, 3.05) is 20.8 Å². The zero-order chi connectivity index (χ0) is 29.6. The molecular weight excluding hydrogens is 622 g/mol. The number of nitrogens with one attached hydrogen (secondary N) is 1. The summed E-state index contributed by atoms with van der Waals surface area (Å²) in [6.07, 6.45) is -2.64. The molecule has 1 aliphatic rings. The molecule has 0 spiro atoms. The van der Waals surface area contributed by atoms with Gasteiger partial charge in [-0.2, -0.15) is 0 Å². The second-order valence-corrected chi connectivity index (χ2v) is 11.3. The van der Waals surface area contributed by atoms with Crippen molar-refractivity contribution >= 4 is 44.2 Å². The van der Waals surface area contributed by atoms with E-state index in [0.717, 1.165) is 0 Å². The predicted octanol–water partition coefficient (Wildman–Crippen LogP) is 3.41. The number of rotatable bonds is 8. The lowest BCUT2D eigenvalue weighted by atomic mass is 9.87. The van der Waals surface area contributed by atoms with Crippen LogP contribution in [0.1, 0.15) is 21.5 Å². The Bertz CT molecular complexity index is 1590. The van der Waals surface area contributed by atoms with Crippen molar-refractivity contribution in [3.63, 3.8) is 0 Å². The van der Waals surface area contributed by atoms with Crippen LogP contribution in [0.4, 0.5) is 0 Å². The molecule has 1 fully saturated rings. The fraction of sp³-hybridized carbons (Fsp3) is 0.276. The van der Waals surface area contributed by atoms with Gasteiger partial charge in [0.1, 0.15) is 23.4 Å². The number of H-pyrrole nitrogens is 1. The third-order valence-corrected chi connectivity index (χ3v) is 8.91. The summed E-state index contributed by atoms with van der Waals surface area (Å²) in [6.45, 7) is -0.937. The summed E-state index contributed by atoms with van der Waals surface area (Å²) in [5.41, 5.74) is 1.11. The van der Waals surface area contributed by atoms with Gasteiger partial charge in [0.15, 0.2) is 16.4 Å². The molecule has 0 unspecified atom stereocenters. The van der Waals surface area contributed by atoms with Crippen molar-refractivity contribution in [3.05, 3.63) is 89.6 Å². The number of carbonyl (C=O) groups excluding carboxylic acids is 1. The van der Waals surface area contributed by atoms with E-state index in [2.05, 4.69) is 20.9 Å². The van der Waals surface area contributed by atoms with Gasteiger partial charge in [0.25, 0.3) is 5.79 Å². The lowest BCUT2D eigenvalue weighted by Gasteiger charge is -2.54. The van der Waals surface area contributed by atoms with Crippen molar-refractivity contribution in [2.45, 2.75) is 27.6 Å². The van der Waals surface area contributed by atoms with E-state index in [4.69, 9.17) is 30.5 Å². The summed E-state index contributed by atoms with van der Waals surface area (Å²) in [7, 11) is 2.91. The molecule has 12 heteroatoms. The van der Waals surface area contributed by atoms with Gasteiger partial charge < -0.3 is 44.4 Å². The Morgan fingerprint density at radius 2 is 1.68 bits per heavy atom. The summed E-state index contributed by atoms with van der Waals surface area (Å²) < 4.78 is 21.0. The van der Waals surface area contributed by atoms with Crippen LogP contribution < -0.4 is 14.2 Å². The molecule has 10 nitrogen and oxygen atoms in total. The van der Waals surface area contributed by atoms with Gasteiger partial charge in [-0.3, -0.25) is 4.79 Å². The number of halogens is 2. The number of hydrogen-bond donors (Lipinski definition) is 5. The lowest BCUT2D eigenvalue weighted by Crippen LogP contribution is -2.73. The Morgan fingerprint density at radius 3 is 2.39 bits per heavy atom. The van der Waals surface area contributed by atoms with E-state index in [-0.39, 0.29) is 28.2 Å². The molecule has 0 saturated carbocycles. The van der Waals surface area contributed by atoms with Gasteiger partial charge in [-0.25, -0.2) is 0 Å². The average Bonchev–Trinajstić information content (AvgIpc) is 3.43. The highest BCUT2D eigenvalue weighted by Crippen LogP contribution is 2.53. The van der Waals surface area contributed by atoms with Crippen molar-refractivity contribution < 1.29 is 44.2 Å². The number of para-hydroxylation sites is 2. The maximum Gasteiger partial charge on any atom is 0.269 e. The standard InChI is InChI=1S/C29H27BrClNO9/c1-38-16-11-12-19(23(13-16)39-2)24(34)18-8-4-6-10-22(18)40-28(20-14-32-21-9-5-3-7-17(20)21)25(35)26(36)29(31,37)27(30,15-33)41-28/h3-14,25-26,32-33,35-37H,15H2,1-2H3/t25-,26-,27-,28-,29-/m1/s1. The molecular formula is C29H27BrClNO9. The molecule has 216 valence electrons. The number of ketones is 1. The minimum absolute atomic E-state index is 0.0419. The summed E-state index contributed by atoms with van der Waals surface area (Å²) >= 11 is 9.36. The third kappa shape index (κ3) is 4.67. The van der Waals surface area contributed by atoms with Crippen LogP contribution in [-0.4, -0.2) is 73.8 Å². The number of carbonyl (C=O) groups is 1. The molecule has 41 heavy (non-hydrogen) atoms. The van der Waals surface area contributed by atoms with Crippen LogP contribution in [0, 0.1) is 0 Å². The molecule has 0 amide bonds. The van der Waals surface area contributed by atoms with Gasteiger partial charge in [-0.05, 0) is 46.3 Å². The van der Waals surface area contributed by atoms with Crippen molar-refractivity contribution in [3.8, 4) is 17.2 Å². The average molecular weight is 649 g/mol. The summed E-state index contributed by atoms with van der Waals surface area (Å²) in [5, 5.41) is 41.6. The number of aromatic amines is 1. The first-order chi connectivity index (χ1) is 19.5. The molecule has 0 aliphatic carbocycles. The Labute approximate surface area is 248 Å². The second-order valence-electron chi connectivity index (χ2n) is 9.46. The Balaban J connectivity index is 1.70. The summed E-state index contributed by atoms with van der Waals surface area (Å²) in [5.74, 6) is -2.10. The molecule has 0 radical (unpaired) electrons. The van der Waals surface area contributed by atoms with E-state index in [1.807, 2.05) is 0 Å².